The Morgan fingerprint density at radius 3 is 2.44 bits per heavy atom. The molecule has 3 aromatic rings. The van der Waals surface area contributed by atoms with Crippen LogP contribution in [-0.2, 0) is 37.4 Å². The Bertz CT molecular complexity index is 1620. The summed E-state index contributed by atoms with van der Waals surface area (Å²) in [5.41, 5.74) is 1.55. The minimum atomic E-state index is -4.37. The van der Waals surface area contributed by atoms with Crippen molar-refractivity contribution in [2.24, 2.45) is 0 Å². The second-order valence-corrected chi connectivity index (χ2v) is 13.4. The van der Waals surface area contributed by atoms with E-state index in [0.717, 1.165) is 18.6 Å². The van der Waals surface area contributed by atoms with Gasteiger partial charge in [-0.25, -0.2) is 17.5 Å². The molecule has 3 aromatic carbocycles. The number of amides is 3. The van der Waals surface area contributed by atoms with Crippen molar-refractivity contribution >= 4 is 52.0 Å². The molecular formula is C32H37ClFN3O6S2. The fraction of sp³-hybridized carbons (Fsp3) is 0.344. The molecule has 0 heterocycles. The van der Waals surface area contributed by atoms with E-state index in [1.54, 1.807) is 12.1 Å². The van der Waals surface area contributed by atoms with Crippen molar-refractivity contribution in [3.05, 3.63) is 88.7 Å². The van der Waals surface area contributed by atoms with Crippen molar-refractivity contribution in [2.45, 2.75) is 62.3 Å². The zero-order chi connectivity index (χ0) is 33.1. The van der Waals surface area contributed by atoms with E-state index in [-0.39, 0.29) is 64.6 Å². The molecule has 3 amide bonds. The minimum absolute atomic E-state index is 0.0102. The minimum Gasteiger partial charge on any atom is -0.384 e. The van der Waals surface area contributed by atoms with Crippen molar-refractivity contribution < 1.29 is 32.3 Å². The van der Waals surface area contributed by atoms with E-state index in [4.69, 9.17) is 11.6 Å². The monoisotopic (exact) mass is 677 g/mol. The number of aliphatic hydroxyl groups is 1. The Kier molecular flexibility index (Phi) is 13.4. The van der Waals surface area contributed by atoms with E-state index < -0.39 is 27.9 Å². The summed E-state index contributed by atoms with van der Waals surface area (Å²) in [6.07, 6.45) is -0.135. The van der Waals surface area contributed by atoms with E-state index in [1.165, 1.54) is 35.2 Å². The zero-order valence-electron chi connectivity index (χ0n) is 25.0. The normalized spacial score (nSPS) is 12.7. The van der Waals surface area contributed by atoms with Crippen molar-refractivity contribution in [1.82, 2.24) is 14.9 Å². The molecule has 0 saturated heterocycles. The molecular weight excluding hydrogens is 641 g/mol. The second kappa shape index (κ2) is 16.7. The molecule has 242 valence electrons. The van der Waals surface area contributed by atoms with Gasteiger partial charge in [-0.2, -0.15) is 12.6 Å². The Hall–Kier alpha value is -3.45. The molecule has 3 N–H and O–H groups in total. The predicted molar refractivity (Wildman–Crippen MR) is 175 cm³/mol. The van der Waals surface area contributed by atoms with Gasteiger partial charge in [0.2, 0.25) is 11.8 Å². The highest BCUT2D eigenvalue weighted by Gasteiger charge is 2.24. The molecule has 0 aliphatic rings. The van der Waals surface area contributed by atoms with Crippen LogP contribution in [0.5, 0.6) is 0 Å². The van der Waals surface area contributed by atoms with Gasteiger partial charge in [-0.05, 0) is 55.2 Å². The number of hydrogen-bond donors (Lipinski definition) is 4. The summed E-state index contributed by atoms with van der Waals surface area (Å²) >= 11 is 10.6. The summed E-state index contributed by atoms with van der Waals surface area (Å²) in [5.74, 6) is -2.27. The standard InChI is InChI=1S/C32H37ClFN3O6S2/c1-3-7-31(40)37(15-14-30(39)35-19-26(44)17-22-8-6-9-25(33)16-22)20-24-13-12-23(18-28(24)34)27-10-4-5-11-29(27)45(42,43)36-32(41)21(2)38/h4-6,8-13,16,18,21,26,38,44H,3,7,14-15,17,19-20H2,1-2H3,(H,35,39)(H,36,41)/t21-,26+/m0/s1. The molecule has 0 fully saturated rings. The molecule has 0 bridgehead atoms. The predicted octanol–water partition coefficient (Wildman–Crippen LogP) is 4.51. The largest absolute Gasteiger partial charge is 0.384 e. The summed E-state index contributed by atoms with van der Waals surface area (Å²) in [4.78, 5) is 38.5. The number of aliphatic hydroxyl groups excluding tert-OH is 1. The van der Waals surface area contributed by atoms with Crippen LogP contribution >= 0.6 is 24.2 Å². The maximum Gasteiger partial charge on any atom is 0.264 e. The summed E-state index contributed by atoms with van der Waals surface area (Å²) in [6.45, 7) is 3.27. The third kappa shape index (κ3) is 10.8. The van der Waals surface area contributed by atoms with Crippen LogP contribution in [0.2, 0.25) is 5.02 Å². The van der Waals surface area contributed by atoms with Gasteiger partial charge in [0, 0.05) is 53.9 Å². The van der Waals surface area contributed by atoms with E-state index >= 15 is 4.39 Å². The third-order valence-electron chi connectivity index (χ3n) is 6.84. The van der Waals surface area contributed by atoms with Crippen LogP contribution in [0.4, 0.5) is 4.39 Å². The number of carbonyl (C=O) groups is 3. The second-order valence-electron chi connectivity index (χ2n) is 10.6. The molecule has 45 heavy (non-hydrogen) atoms. The molecule has 0 aromatic heterocycles. The first-order valence-corrected chi connectivity index (χ1v) is 16.8. The van der Waals surface area contributed by atoms with Crippen molar-refractivity contribution in [2.75, 3.05) is 13.1 Å². The summed E-state index contributed by atoms with van der Waals surface area (Å²) in [5, 5.41) is 12.7. The summed E-state index contributed by atoms with van der Waals surface area (Å²) in [6, 6.07) is 17.3. The first kappa shape index (κ1) is 36.0. The highest BCUT2D eigenvalue weighted by atomic mass is 35.5. The van der Waals surface area contributed by atoms with E-state index in [2.05, 4.69) is 17.9 Å². The van der Waals surface area contributed by atoms with Gasteiger partial charge >= 0.3 is 0 Å². The average molecular weight is 678 g/mol. The van der Waals surface area contributed by atoms with Crippen LogP contribution in [0.1, 0.15) is 44.2 Å². The van der Waals surface area contributed by atoms with E-state index in [0.29, 0.717) is 24.4 Å². The molecule has 0 spiro atoms. The molecule has 0 unspecified atom stereocenters. The summed E-state index contributed by atoms with van der Waals surface area (Å²) in [7, 11) is -4.37. The number of hydrogen-bond acceptors (Lipinski definition) is 7. The first-order valence-electron chi connectivity index (χ1n) is 14.4. The fourth-order valence-corrected chi connectivity index (χ4v) is 6.28. The number of rotatable bonds is 15. The molecule has 0 aliphatic heterocycles. The summed E-state index contributed by atoms with van der Waals surface area (Å²) < 4.78 is 42.9. The maximum atomic E-state index is 15.4. The van der Waals surface area contributed by atoms with Gasteiger partial charge in [0.15, 0.2) is 0 Å². The molecule has 9 nitrogen and oxygen atoms in total. The van der Waals surface area contributed by atoms with Crippen molar-refractivity contribution in [3.8, 4) is 11.1 Å². The Balaban J connectivity index is 1.69. The number of thiol groups is 1. The molecule has 13 heteroatoms. The van der Waals surface area contributed by atoms with Crippen LogP contribution in [0.25, 0.3) is 11.1 Å². The maximum absolute atomic E-state index is 15.4. The van der Waals surface area contributed by atoms with Crippen LogP contribution in [0.15, 0.2) is 71.6 Å². The van der Waals surface area contributed by atoms with Crippen molar-refractivity contribution in [1.29, 1.82) is 0 Å². The molecule has 0 radical (unpaired) electrons. The van der Waals surface area contributed by atoms with Gasteiger partial charge in [0.05, 0.1) is 4.90 Å². The average Bonchev–Trinajstić information content (AvgIpc) is 2.98. The molecule has 0 saturated carbocycles. The smallest absolute Gasteiger partial charge is 0.264 e. The number of carbonyl (C=O) groups excluding carboxylic acids is 3. The topological polar surface area (TPSA) is 133 Å². The zero-order valence-corrected chi connectivity index (χ0v) is 27.5. The lowest BCUT2D eigenvalue weighted by Crippen LogP contribution is -2.37. The lowest BCUT2D eigenvalue weighted by atomic mass is 10.0. The van der Waals surface area contributed by atoms with Gasteiger partial charge in [-0.15, -0.1) is 0 Å². The number of halogens is 2. The van der Waals surface area contributed by atoms with Crippen molar-refractivity contribution in [3.63, 3.8) is 0 Å². The Morgan fingerprint density at radius 1 is 1.04 bits per heavy atom. The highest BCUT2D eigenvalue weighted by Crippen LogP contribution is 2.29. The number of sulfonamides is 1. The lowest BCUT2D eigenvalue weighted by molar-refractivity contribution is -0.132. The van der Waals surface area contributed by atoms with Gasteiger partial charge in [-0.1, -0.05) is 61.0 Å². The highest BCUT2D eigenvalue weighted by molar-refractivity contribution is 7.90. The Morgan fingerprint density at radius 2 is 1.78 bits per heavy atom. The van der Waals surface area contributed by atoms with Gasteiger partial charge in [0.25, 0.3) is 15.9 Å². The van der Waals surface area contributed by atoms with E-state index in [1.807, 2.05) is 29.8 Å². The van der Waals surface area contributed by atoms with Gasteiger partial charge in [0.1, 0.15) is 11.9 Å². The molecule has 2 atom stereocenters. The van der Waals surface area contributed by atoms with Crippen LogP contribution in [0, 0.1) is 5.82 Å². The number of nitrogens with zero attached hydrogens (tertiary/aromatic N) is 1. The number of benzene rings is 3. The van der Waals surface area contributed by atoms with Crippen LogP contribution in [0.3, 0.4) is 0 Å². The fourth-order valence-electron chi connectivity index (χ4n) is 4.49. The first-order chi connectivity index (χ1) is 21.3. The molecule has 0 aliphatic carbocycles. The lowest BCUT2D eigenvalue weighted by Gasteiger charge is -2.23. The SMILES string of the molecule is CCCC(=O)N(CCC(=O)NC[C@H](S)Cc1cccc(Cl)c1)Cc1ccc(-c2ccccc2S(=O)(=O)NC(=O)[C@H](C)O)cc1F. The van der Waals surface area contributed by atoms with E-state index in [9.17, 15) is 27.9 Å². The Labute approximate surface area is 273 Å². The third-order valence-corrected chi connectivity index (χ3v) is 8.84. The van der Waals surface area contributed by atoms with Gasteiger partial charge in [-0.3, -0.25) is 14.4 Å². The van der Waals surface area contributed by atoms with Crippen LogP contribution in [-0.4, -0.2) is 60.6 Å². The van der Waals surface area contributed by atoms with Gasteiger partial charge < -0.3 is 15.3 Å². The van der Waals surface area contributed by atoms with Crippen LogP contribution < -0.4 is 10.0 Å². The quantitative estimate of drug-likeness (QED) is 0.175. The molecule has 3 rings (SSSR count). The number of nitrogens with one attached hydrogen (secondary N) is 2.